The largest absolute Gasteiger partial charge is 1.00 e. The zero-order chi connectivity index (χ0) is 18.4. The van der Waals surface area contributed by atoms with E-state index in [0.717, 1.165) is 21.7 Å². The number of para-hydroxylation sites is 1. The Morgan fingerprint density at radius 3 is 1.74 bits per heavy atom. The van der Waals surface area contributed by atoms with Gasteiger partial charge in [0.25, 0.3) is 0 Å². The Morgan fingerprint density at radius 1 is 0.778 bits per heavy atom. The molecule has 0 saturated carbocycles. The number of ether oxygens (including phenoxy) is 2. The average Bonchev–Trinajstić information content (AvgIpc) is 2.73. The van der Waals surface area contributed by atoms with Crippen LogP contribution in [0.3, 0.4) is 0 Å². The summed E-state index contributed by atoms with van der Waals surface area (Å²) in [7, 11) is 0.828. The van der Waals surface area contributed by atoms with Crippen molar-refractivity contribution >= 4 is 29.1 Å². The number of carbonyl (C=O) groups is 1. The molecule has 0 spiro atoms. The number of rotatable bonds is 6. The molecule has 0 amide bonds. The maximum Gasteiger partial charge on any atom is 0.344 e. The molecule has 3 rings (SSSR count). The second-order valence-corrected chi connectivity index (χ2v) is 9.34. The Labute approximate surface area is 171 Å². The molecular weight excluding hydrogens is 423 g/mol. The second kappa shape index (κ2) is 9.68. The molecule has 0 unspecified atom stereocenters. The quantitative estimate of drug-likeness (QED) is 0.401. The van der Waals surface area contributed by atoms with E-state index < -0.39 is 7.26 Å². The molecule has 0 radical (unpaired) electrons. The lowest BCUT2D eigenvalue weighted by Crippen LogP contribution is -3.00. The van der Waals surface area contributed by atoms with Crippen LogP contribution in [0.5, 0.6) is 5.75 Å². The molecule has 0 aliphatic rings. The summed E-state index contributed by atoms with van der Waals surface area (Å²) in [4.78, 5) is 12.5. The molecule has 0 aromatic heterocycles. The van der Waals surface area contributed by atoms with Gasteiger partial charge in [0.05, 0.1) is 14.2 Å². The molecule has 140 valence electrons. The van der Waals surface area contributed by atoms with Gasteiger partial charge in [-0.2, -0.15) is 0 Å². The first-order chi connectivity index (χ1) is 12.7. The van der Waals surface area contributed by atoms with Crippen molar-refractivity contribution in [1.82, 2.24) is 0 Å². The monoisotopic (exact) mass is 444 g/mol. The van der Waals surface area contributed by atoms with E-state index in [-0.39, 0.29) is 29.1 Å². The standard InChI is InChI=1S/C22H22O3P.BrH/c1-24-20-15-9-10-16-21(20)26(17-22(23)25-2,18-11-5-3-6-12-18)19-13-7-4-8-14-19;/h3-16H,17H2,1-2H3;1H/q+1;/p-1. The van der Waals surface area contributed by atoms with E-state index in [2.05, 4.69) is 30.3 Å². The predicted molar refractivity (Wildman–Crippen MR) is 109 cm³/mol. The van der Waals surface area contributed by atoms with Crippen LogP contribution in [0.25, 0.3) is 0 Å². The van der Waals surface area contributed by atoms with Gasteiger partial charge in [-0.3, -0.25) is 0 Å². The van der Waals surface area contributed by atoms with Crippen molar-refractivity contribution < 1.29 is 31.2 Å². The van der Waals surface area contributed by atoms with Crippen LogP contribution in [0.4, 0.5) is 0 Å². The fourth-order valence-corrected chi connectivity index (χ4v) is 7.41. The van der Waals surface area contributed by atoms with Crippen molar-refractivity contribution in [1.29, 1.82) is 0 Å². The van der Waals surface area contributed by atoms with Crippen molar-refractivity contribution in [3.63, 3.8) is 0 Å². The number of benzene rings is 3. The molecular formula is C22H22BrO3P. The highest BCUT2D eigenvalue weighted by atomic mass is 79.9. The van der Waals surface area contributed by atoms with Crippen LogP contribution < -0.4 is 37.6 Å². The van der Waals surface area contributed by atoms with Crippen LogP contribution in [0.1, 0.15) is 0 Å². The fourth-order valence-electron chi connectivity index (χ4n) is 3.26. The summed E-state index contributed by atoms with van der Waals surface area (Å²) >= 11 is 0. The van der Waals surface area contributed by atoms with Crippen LogP contribution in [0.15, 0.2) is 84.9 Å². The topological polar surface area (TPSA) is 35.5 Å². The van der Waals surface area contributed by atoms with Crippen molar-refractivity contribution in [3.05, 3.63) is 84.9 Å². The molecule has 5 heteroatoms. The van der Waals surface area contributed by atoms with E-state index in [4.69, 9.17) is 9.47 Å². The van der Waals surface area contributed by atoms with E-state index in [1.54, 1.807) is 7.11 Å². The van der Waals surface area contributed by atoms with Crippen LogP contribution >= 0.6 is 7.26 Å². The SMILES string of the molecule is COC(=O)C[P+](c1ccccc1)(c1ccccc1)c1ccccc1OC.[Br-]. The third-order valence-electron chi connectivity index (χ3n) is 4.48. The van der Waals surface area contributed by atoms with E-state index >= 15 is 0 Å². The van der Waals surface area contributed by atoms with Crippen LogP contribution in [0, 0.1) is 0 Å². The van der Waals surface area contributed by atoms with Crippen LogP contribution in [-0.2, 0) is 9.53 Å². The summed E-state index contributed by atoms with van der Waals surface area (Å²) in [5.41, 5.74) is 0. The summed E-state index contributed by atoms with van der Waals surface area (Å²) in [6, 6.07) is 28.4. The van der Waals surface area contributed by atoms with Crippen molar-refractivity contribution in [3.8, 4) is 5.75 Å². The molecule has 0 aliphatic carbocycles. The highest BCUT2D eigenvalue weighted by Gasteiger charge is 2.49. The van der Waals surface area contributed by atoms with Gasteiger partial charge in [-0.15, -0.1) is 0 Å². The molecule has 0 saturated heterocycles. The first-order valence-electron chi connectivity index (χ1n) is 8.42. The van der Waals surface area contributed by atoms with Crippen molar-refractivity contribution in [2.45, 2.75) is 0 Å². The lowest BCUT2D eigenvalue weighted by Gasteiger charge is -2.27. The van der Waals surface area contributed by atoms with E-state index in [1.807, 2.05) is 54.6 Å². The first-order valence-corrected chi connectivity index (χ1v) is 10.4. The van der Waals surface area contributed by atoms with Gasteiger partial charge in [-0.05, 0) is 36.4 Å². The normalized spacial score (nSPS) is 10.6. The zero-order valence-electron chi connectivity index (χ0n) is 15.3. The smallest absolute Gasteiger partial charge is 0.344 e. The molecule has 0 heterocycles. The van der Waals surface area contributed by atoms with E-state index in [1.165, 1.54) is 7.11 Å². The van der Waals surface area contributed by atoms with E-state index in [9.17, 15) is 4.79 Å². The van der Waals surface area contributed by atoms with Gasteiger partial charge in [0.15, 0.2) is 11.9 Å². The number of carbonyl (C=O) groups excluding carboxylic acids is 1. The molecule has 0 atom stereocenters. The molecule has 0 bridgehead atoms. The molecule has 0 N–H and O–H groups in total. The minimum atomic E-state index is -2.28. The van der Waals surface area contributed by atoms with Crippen LogP contribution in [-0.4, -0.2) is 26.4 Å². The highest BCUT2D eigenvalue weighted by Crippen LogP contribution is 2.57. The van der Waals surface area contributed by atoms with Crippen molar-refractivity contribution in [2.75, 3.05) is 20.4 Å². The lowest BCUT2D eigenvalue weighted by atomic mass is 10.3. The van der Waals surface area contributed by atoms with Gasteiger partial charge in [0.2, 0.25) is 0 Å². The van der Waals surface area contributed by atoms with Gasteiger partial charge < -0.3 is 26.5 Å². The van der Waals surface area contributed by atoms with Crippen LogP contribution in [0.2, 0.25) is 0 Å². The summed E-state index contributed by atoms with van der Waals surface area (Å²) in [6.07, 6.45) is 0.290. The Kier molecular flexibility index (Phi) is 7.58. The summed E-state index contributed by atoms with van der Waals surface area (Å²) in [5.74, 6) is 0.564. The molecule has 3 aromatic carbocycles. The van der Waals surface area contributed by atoms with E-state index in [0.29, 0.717) is 0 Å². The van der Waals surface area contributed by atoms with Crippen molar-refractivity contribution in [2.24, 2.45) is 0 Å². The van der Waals surface area contributed by atoms with Gasteiger partial charge >= 0.3 is 5.97 Å². The average molecular weight is 445 g/mol. The fraction of sp³-hybridized carbons (Fsp3) is 0.136. The second-order valence-electron chi connectivity index (χ2n) is 5.89. The third-order valence-corrected chi connectivity index (χ3v) is 8.77. The van der Waals surface area contributed by atoms with Gasteiger partial charge in [-0.1, -0.05) is 48.5 Å². The molecule has 3 nitrogen and oxygen atoms in total. The molecule has 3 aromatic rings. The molecule has 27 heavy (non-hydrogen) atoms. The minimum absolute atomic E-state index is 0. The summed E-state index contributed by atoms with van der Waals surface area (Å²) in [5, 5.41) is 3.30. The van der Waals surface area contributed by atoms with Gasteiger partial charge in [-0.25, -0.2) is 4.79 Å². The highest BCUT2D eigenvalue weighted by molar-refractivity contribution is 7.96. The summed E-state index contributed by atoms with van der Waals surface area (Å²) < 4.78 is 10.8. The van der Waals surface area contributed by atoms with Gasteiger partial charge in [0.1, 0.15) is 23.2 Å². The Morgan fingerprint density at radius 2 is 1.26 bits per heavy atom. The Bertz CT molecular complexity index is 829. The third kappa shape index (κ3) is 4.23. The first kappa shape index (κ1) is 21.1. The number of methoxy groups -OCH3 is 2. The number of halogens is 1. The molecule has 0 aliphatic heterocycles. The minimum Gasteiger partial charge on any atom is -1.00 e. The predicted octanol–water partition coefficient (Wildman–Crippen LogP) is 0.166. The Hall–Kier alpha value is -2.16. The maximum atomic E-state index is 12.5. The number of esters is 1. The maximum absolute atomic E-state index is 12.5. The zero-order valence-corrected chi connectivity index (χ0v) is 17.8. The number of hydrogen-bond acceptors (Lipinski definition) is 3. The Balaban J connectivity index is 0.00000261. The summed E-state index contributed by atoms with van der Waals surface area (Å²) in [6.45, 7) is 0. The lowest BCUT2D eigenvalue weighted by molar-refractivity contribution is -0.137. The van der Waals surface area contributed by atoms with Gasteiger partial charge in [0, 0.05) is 0 Å². The molecule has 0 fully saturated rings. The number of hydrogen-bond donors (Lipinski definition) is 0.